The van der Waals surface area contributed by atoms with Gasteiger partial charge in [-0.2, -0.15) is 0 Å². The summed E-state index contributed by atoms with van der Waals surface area (Å²) in [6.45, 7) is 0. The number of nitro benzene ring substituents is 1. The zero-order chi connectivity index (χ0) is 10.7. The molecule has 0 unspecified atom stereocenters. The van der Waals surface area contributed by atoms with Gasteiger partial charge in [-0.05, 0) is 6.07 Å². The zero-order valence-electron chi connectivity index (χ0n) is 6.72. The van der Waals surface area contributed by atoms with E-state index in [9.17, 15) is 15.2 Å². The fourth-order valence-electron chi connectivity index (χ4n) is 0.905. The van der Waals surface area contributed by atoms with Crippen LogP contribution in [0.5, 0.6) is 5.75 Å². The molecule has 0 aliphatic heterocycles. The Hall–Kier alpha value is -1.82. The zero-order valence-corrected chi connectivity index (χ0v) is 7.47. The van der Waals surface area contributed by atoms with Gasteiger partial charge in [0.15, 0.2) is 0 Å². The van der Waals surface area contributed by atoms with Crippen molar-refractivity contribution in [3.63, 3.8) is 0 Å². The smallest absolute Gasteiger partial charge is 0.312 e. The Morgan fingerprint density at radius 2 is 2.21 bits per heavy atom. The van der Waals surface area contributed by atoms with Gasteiger partial charge in [0.2, 0.25) is 5.75 Å². The topological polar surface area (TPSA) is 96.0 Å². The summed E-state index contributed by atoms with van der Waals surface area (Å²) in [5, 5.41) is 30.6. The van der Waals surface area contributed by atoms with E-state index in [2.05, 4.69) is 5.16 Å². The lowest BCUT2D eigenvalue weighted by Crippen LogP contribution is -1.92. The Morgan fingerprint density at radius 3 is 2.71 bits per heavy atom. The fourth-order valence-corrected chi connectivity index (χ4v) is 1.13. The van der Waals surface area contributed by atoms with E-state index in [-0.39, 0.29) is 10.6 Å². The van der Waals surface area contributed by atoms with Gasteiger partial charge in [0, 0.05) is 16.7 Å². The van der Waals surface area contributed by atoms with Crippen molar-refractivity contribution < 1.29 is 15.2 Å². The predicted octanol–water partition coefficient (Wildman–Crippen LogP) is 1.76. The fraction of sp³-hybridized carbons (Fsp3) is 0. The van der Waals surface area contributed by atoms with Crippen molar-refractivity contribution in [1.29, 1.82) is 0 Å². The molecule has 0 amide bonds. The number of hydrogen-bond acceptors (Lipinski definition) is 5. The first kappa shape index (κ1) is 10.3. The molecule has 7 heteroatoms. The third-order valence-electron chi connectivity index (χ3n) is 1.48. The summed E-state index contributed by atoms with van der Waals surface area (Å²) in [6.07, 6.45) is 0.855. The molecule has 0 aliphatic carbocycles. The van der Waals surface area contributed by atoms with Crippen molar-refractivity contribution in [2.75, 3.05) is 0 Å². The Kier molecular flexibility index (Phi) is 2.88. The molecule has 2 N–H and O–H groups in total. The standard InChI is InChI=1S/C7H5ClN2O4/c8-5-1-4(3-9-12)7(11)6(2-5)10(13)14/h1-3,11-12H/b9-3-. The minimum Gasteiger partial charge on any atom is -0.502 e. The largest absolute Gasteiger partial charge is 0.502 e. The van der Waals surface area contributed by atoms with Crippen LogP contribution in [0.3, 0.4) is 0 Å². The van der Waals surface area contributed by atoms with Crippen molar-refractivity contribution in [2.24, 2.45) is 5.16 Å². The lowest BCUT2D eigenvalue weighted by Gasteiger charge is -2.00. The summed E-state index contributed by atoms with van der Waals surface area (Å²) >= 11 is 5.54. The normalized spacial score (nSPS) is 10.6. The Morgan fingerprint density at radius 1 is 1.57 bits per heavy atom. The molecule has 0 heterocycles. The SMILES string of the molecule is O=[N+]([O-])c1cc(Cl)cc(/C=N\O)c1O. The highest BCUT2D eigenvalue weighted by Gasteiger charge is 2.17. The number of hydrogen-bond donors (Lipinski definition) is 2. The molecule has 14 heavy (non-hydrogen) atoms. The summed E-state index contributed by atoms with van der Waals surface area (Å²) in [5.41, 5.74) is -0.556. The van der Waals surface area contributed by atoms with Gasteiger partial charge >= 0.3 is 5.69 Å². The first-order valence-corrected chi connectivity index (χ1v) is 3.78. The van der Waals surface area contributed by atoms with Crippen LogP contribution < -0.4 is 0 Å². The summed E-state index contributed by atoms with van der Waals surface area (Å²) in [7, 11) is 0. The van der Waals surface area contributed by atoms with E-state index in [4.69, 9.17) is 16.8 Å². The predicted molar refractivity (Wildman–Crippen MR) is 49.2 cm³/mol. The van der Waals surface area contributed by atoms with Crippen LogP contribution in [0, 0.1) is 10.1 Å². The minimum atomic E-state index is -0.782. The van der Waals surface area contributed by atoms with Crippen LogP contribution in [0.25, 0.3) is 0 Å². The van der Waals surface area contributed by atoms with E-state index in [1.54, 1.807) is 0 Å². The average molecular weight is 217 g/mol. The van der Waals surface area contributed by atoms with Gasteiger partial charge in [-0.25, -0.2) is 0 Å². The highest BCUT2D eigenvalue weighted by Crippen LogP contribution is 2.32. The van der Waals surface area contributed by atoms with Gasteiger partial charge in [-0.3, -0.25) is 10.1 Å². The van der Waals surface area contributed by atoms with Gasteiger partial charge in [-0.15, -0.1) is 0 Å². The van der Waals surface area contributed by atoms with Crippen LogP contribution in [0.15, 0.2) is 17.3 Å². The third kappa shape index (κ3) is 1.91. The molecule has 1 aromatic rings. The molecule has 74 valence electrons. The van der Waals surface area contributed by atoms with Gasteiger partial charge < -0.3 is 10.3 Å². The minimum absolute atomic E-state index is 0.0216. The summed E-state index contributed by atoms with van der Waals surface area (Å²) in [6, 6.07) is 2.25. The third-order valence-corrected chi connectivity index (χ3v) is 1.70. The van der Waals surface area contributed by atoms with Crippen molar-refractivity contribution >= 4 is 23.5 Å². The molecule has 0 radical (unpaired) electrons. The molecule has 0 bridgehead atoms. The molecular weight excluding hydrogens is 212 g/mol. The van der Waals surface area contributed by atoms with Gasteiger partial charge in [0.1, 0.15) is 0 Å². The number of aromatic hydroxyl groups is 1. The number of rotatable bonds is 2. The van der Waals surface area contributed by atoms with Crippen LogP contribution in [0.4, 0.5) is 5.69 Å². The maximum absolute atomic E-state index is 10.4. The molecule has 0 saturated carbocycles. The number of nitro groups is 1. The summed E-state index contributed by atoms with van der Waals surface area (Å²) in [4.78, 5) is 9.63. The molecule has 1 aromatic carbocycles. The number of oxime groups is 1. The monoisotopic (exact) mass is 216 g/mol. The number of nitrogens with zero attached hydrogens (tertiary/aromatic N) is 2. The molecule has 0 aromatic heterocycles. The Labute approximate surface area is 83.2 Å². The van der Waals surface area contributed by atoms with Crippen LogP contribution in [-0.2, 0) is 0 Å². The van der Waals surface area contributed by atoms with Crippen molar-refractivity contribution in [3.05, 3.63) is 32.8 Å². The maximum Gasteiger partial charge on any atom is 0.312 e. The molecule has 1 rings (SSSR count). The van der Waals surface area contributed by atoms with E-state index in [1.807, 2.05) is 0 Å². The Bertz CT molecular complexity index is 405. The van der Waals surface area contributed by atoms with Crippen LogP contribution in [-0.4, -0.2) is 21.5 Å². The van der Waals surface area contributed by atoms with Crippen molar-refractivity contribution in [3.8, 4) is 5.75 Å². The van der Waals surface area contributed by atoms with E-state index < -0.39 is 16.4 Å². The molecule has 6 nitrogen and oxygen atoms in total. The maximum atomic E-state index is 10.4. The van der Waals surface area contributed by atoms with Gasteiger partial charge in [0.05, 0.1) is 11.1 Å². The van der Waals surface area contributed by atoms with Crippen LogP contribution in [0.1, 0.15) is 5.56 Å². The quantitative estimate of drug-likeness (QED) is 0.341. The molecule has 0 saturated heterocycles. The van der Waals surface area contributed by atoms with Crippen LogP contribution in [0.2, 0.25) is 5.02 Å². The molecule has 0 aliphatic rings. The molecular formula is C7H5ClN2O4. The Balaban J connectivity index is 3.39. The summed E-state index contributed by atoms with van der Waals surface area (Å²) < 4.78 is 0. The van der Waals surface area contributed by atoms with Crippen molar-refractivity contribution in [1.82, 2.24) is 0 Å². The highest BCUT2D eigenvalue weighted by molar-refractivity contribution is 6.31. The molecule has 0 spiro atoms. The lowest BCUT2D eigenvalue weighted by atomic mass is 10.2. The van der Waals surface area contributed by atoms with Gasteiger partial charge in [-0.1, -0.05) is 16.8 Å². The van der Waals surface area contributed by atoms with Crippen LogP contribution >= 0.6 is 11.6 Å². The average Bonchev–Trinajstić information content (AvgIpc) is 2.10. The second-order valence-corrected chi connectivity index (χ2v) is 2.80. The van der Waals surface area contributed by atoms with Gasteiger partial charge in [0.25, 0.3) is 0 Å². The molecule has 0 fully saturated rings. The first-order valence-electron chi connectivity index (χ1n) is 3.40. The molecule has 0 atom stereocenters. The number of phenolic OH excluding ortho intramolecular Hbond substituents is 1. The second-order valence-electron chi connectivity index (χ2n) is 2.36. The lowest BCUT2D eigenvalue weighted by molar-refractivity contribution is -0.385. The summed E-state index contributed by atoms with van der Waals surface area (Å²) in [5.74, 6) is -0.586. The van der Waals surface area contributed by atoms with E-state index in [0.717, 1.165) is 12.3 Å². The van der Waals surface area contributed by atoms with E-state index in [0.29, 0.717) is 0 Å². The highest BCUT2D eigenvalue weighted by atomic mass is 35.5. The van der Waals surface area contributed by atoms with E-state index >= 15 is 0 Å². The number of halogens is 1. The number of phenols is 1. The van der Waals surface area contributed by atoms with E-state index in [1.165, 1.54) is 6.07 Å². The number of benzene rings is 1. The van der Waals surface area contributed by atoms with Crippen molar-refractivity contribution in [2.45, 2.75) is 0 Å². The second kappa shape index (κ2) is 3.93. The first-order chi connectivity index (χ1) is 6.56.